The maximum Gasteiger partial charge on any atom is 0.345 e. The largest absolute Gasteiger partial charge is 0.452 e. The molecule has 2 heterocycles. The Bertz CT molecular complexity index is 1400. The molecule has 0 atom stereocenters. The summed E-state index contributed by atoms with van der Waals surface area (Å²) in [6.07, 6.45) is 4.40. The van der Waals surface area contributed by atoms with E-state index < -0.39 is 11.6 Å². The van der Waals surface area contributed by atoms with Crippen molar-refractivity contribution in [2.75, 3.05) is 20.7 Å². The normalized spacial score (nSPS) is 11.1. The summed E-state index contributed by atoms with van der Waals surface area (Å²) in [5.74, 6) is -1.02. The van der Waals surface area contributed by atoms with E-state index in [4.69, 9.17) is 9.15 Å². The van der Waals surface area contributed by atoms with Crippen LogP contribution in [0.15, 0.2) is 82.1 Å². The van der Waals surface area contributed by atoms with Gasteiger partial charge in [0.1, 0.15) is 11.3 Å². The van der Waals surface area contributed by atoms with Crippen LogP contribution in [0, 0.1) is 0 Å². The van der Waals surface area contributed by atoms with Crippen molar-refractivity contribution in [1.29, 1.82) is 0 Å². The zero-order chi connectivity index (χ0) is 23.4. The molecule has 2 aromatic carbocycles. The number of para-hydroxylation sites is 2. The first kappa shape index (κ1) is 21.8. The summed E-state index contributed by atoms with van der Waals surface area (Å²) >= 11 is 0. The lowest BCUT2D eigenvalue weighted by atomic mass is 10.1. The molecule has 0 aliphatic carbocycles. The molecule has 0 bridgehead atoms. The molecule has 0 saturated carbocycles. The van der Waals surface area contributed by atoms with E-state index in [1.54, 1.807) is 43.2 Å². The van der Waals surface area contributed by atoms with Gasteiger partial charge in [0.2, 0.25) is 0 Å². The first-order chi connectivity index (χ1) is 15.9. The van der Waals surface area contributed by atoms with Crippen LogP contribution >= 0.6 is 0 Å². The van der Waals surface area contributed by atoms with Gasteiger partial charge in [0.15, 0.2) is 6.61 Å². The first-order valence-corrected chi connectivity index (χ1v) is 10.2. The van der Waals surface area contributed by atoms with Crippen molar-refractivity contribution < 1.29 is 18.7 Å². The van der Waals surface area contributed by atoms with Crippen LogP contribution in [0.3, 0.4) is 0 Å². The summed E-state index contributed by atoms with van der Waals surface area (Å²) in [7, 11) is 3.15. The van der Waals surface area contributed by atoms with Gasteiger partial charge in [-0.3, -0.25) is 4.79 Å². The van der Waals surface area contributed by atoms with E-state index in [1.807, 2.05) is 42.5 Å². The SMILES string of the molecule is CN(C)C(=O)COC(=O)C=Cc1cn(-c2ccccc2)nc1-c1cc2ccccc2oc1=O. The van der Waals surface area contributed by atoms with Crippen LogP contribution in [0.2, 0.25) is 0 Å². The Morgan fingerprint density at radius 3 is 2.58 bits per heavy atom. The number of likely N-dealkylation sites (N-methyl/N-ethyl adjacent to an activating group) is 1. The van der Waals surface area contributed by atoms with E-state index in [-0.39, 0.29) is 18.1 Å². The number of fused-ring (bicyclic) bond motifs is 1. The predicted octanol–water partition coefficient (Wildman–Crippen LogP) is 3.29. The van der Waals surface area contributed by atoms with Crippen molar-refractivity contribution in [3.8, 4) is 16.9 Å². The number of amides is 1. The summed E-state index contributed by atoms with van der Waals surface area (Å²) < 4.78 is 12.1. The molecule has 0 aliphatic heterocycles. The number of esters is 1. The third-order valence-electron chi connectivity index (χ3n) is 4.90. The molecule has 0 unspecified atom stereocenters. The molecule has 1 amide bonds. The molecule has 4 rings (SSSR count). The van der Waals surface area contributed by atoms with Crippen LogP contribution in [-0.2, 0) is 14.3 Å². The highest BCUT2D eigenvalue weighted by Gasteiger charge is 2.16. The molecule has 0 fully saturated rings. The maximum absolute atomic E-state index is 12.7. The van der Waals surface area contributed by atoms with Crippen LogP contribution in [0.5, 0.6) is 0 Å². The van der Waals surface area contributed by atoms with Crippen LogP contribution in [0.25, 0.3) is 34.0 Å². The molecule has 0 aliphatic rings. The fourth-order valence-corrected chi connectivity index (χ4v) is 3.13. The molecule has 0 saturated heterocycles. The quantitative estimate of drug-likeness (QED) is 0.258. The van der Waals surface area contributed by atoms with Crippen LogP contribution in [0.1, 0.15) is 5.56 Å². The zero-order valence-electron chi connectivity index (χ0n) is 18.1. The number of nitrogens with zero attached hydrogens (tertiary/aromatic N) is 3. The first-order valence-electron chi connectivity index (χ1n) is 10.2. The molecule has 4 aromatic rings. The van der Waals surface area contributed by atoms with Crippen LogP contribution in [0.4, 0.5) is 0 Å². The van der Waals surface area contributed by atoms with Crippen LogP contribution < -0.4 is 5.63 Å². The van der Waals surface area contributed by atoms with Gasteiger partial charge < -0.3 is 14.1 Å². The molecule has 8 heteroatoms. The van der Waals surface area contributed by atoms with Crippen molar-refractivity contribution >= 4 is 28.9 Å². The van der Waals surface area contributed by atoms with Gasteiger partial charge in [-0.25, -0.2) is 14.3 Å². The summed E-state index contributed by atoms with van der Waals surface area (Å²) in [4.78, 5) is 37.8. The van der Waals surface area contributed by atoms with Crippen molar-refractivity contribution in [3.05, 3.63) is 88.9 Å². The molecule has 166 valence electrons. The molecule has 0 radical (unpaired) electrons. The zero-order valence-corrected chi connectivity index (χ0v) is 18.1. The number of benzene rings is 2. The summed E-state index contributed by atoms with van der Waals surface area (Å²) in [5, 5.41) is 5.33. The van der Waals surface area contributed by atoms with Crippen molar-refractivity contribution in [3.63, 3.8) is 0 Å². The fraction of sp³-hybridized carbons (Fsp3) is 0.120. The highest BCUT2D eigenvalue weighted by Crippen LogP contribution is 2.25. The Morgan fingerprint density at radius 1 is 1.09 bits per heavy atom. The third-order valence-corrected chi connectivity index (χ3v) is 4.90. The summed E-state index contributed by atoms with van der Waals surface area (Å²) in [6.45, 7) is -0.361. The van der Waals surface area contributed by atoms with Crippen molar-refractivity contribution in [2.45, 2.75) is 0 Å². The second-order valence-electron chi connectivity index (χ2n) is 7.43. The summed E-state index contributed by atoms with van der Waals surface area (Å²) in [6, 6.07) is 18.3. The van der Waals surface area contributed by atoms with Crippen LogP contribution in [-0.4, -0.2) is 47.3 Å². The Labute approximate surface area is 189 Å². The molecule has 0 N–H and O–H groups in total. The Hall–Kier alpha value is -4.46. The van der Waals surface area contributed by atoms with Gasteiger partial charge in [0, 0.05) is 37.3 Å². The minimum absolute atomic E-state index is 0.263. The number of rotatable bonds is 6. The van der Waals surface area contributed by atoms with E-state index in [0.29, 0.717) is 16.8 Å². The molecule has 8 nitrogen and oxygen atoms in total. The second-order valence-corrected chi connectivity index (χ2v) is 7.43. The standard InChI is InChI=1S/C25H21N3O5/c1-27(2)22(29)16-32-23(30)13-12-18-15-28(19-9-4-3-5-10-19)26-24(18)20-14-17-8-6-7-11-21(17)33-25(20)31/h3-15H,16H2,1-2H3. The number of hydrogen-bond acceptors (Lipinski definition) is 6. The average Bonchev–Trinajstić information content (AvgIpc) is 3.25. The number of carbonyl (C=O) groups excluding carboxylic acids is 2. The Balaban J connectivity index is 1.73. The minimum atomic E-state index is -0.686. The van der Waals surface area contributed by atoms with Gasteiger partial charge in [-0.05, 0) is 30.3 Å². The minimum Gasteiger partial charge on any atom is -0.452 e. The highest BCUT2D eigenvalue weighted by molar-refractivity contribution is 5.91. The van der Waals surface area contributed by atoms with E-state index in [1.165, 1.54) is 17.1 Å². The highest BCUT2D eigenvalue weighted by atomic mass is 16.5. The predicted molar refractivity (Wildman–Crippen MR) is 124 cm³/mol. The van der Waals surface area contributed by atoms with E-state index in [9.17, 15) is 14.4 Å². The second kappa shape index (κ2) is 9.35. The number of ether oxygens (including phenoxy) is 1. The van der Waals surface area contributed by atoms with Gasteiger partial charge in [-0.15, -0.1) is 0 Å². The molecule has 0 spiro atoms. The van der Waals surface area contributed by atoms with Gasteiger partial charge in [0.05, 0.1) is 11.3 Å². The topological polar surface area (TPSA) is 94.6 Å². The lowest BCUT2D eigenvalue weighted by Gasteiger charge is -2.09. The van der Waals surface area contributed by atoms with Gasteiger partial charge in [0.25, 0.3) is 5.91 Å². The van der Waals surface area contributed by atoms with Gasteiger partial charge in [-0.1, -0.05) is 36.4 Å². The van der Waals surface area contributed by atoms with Gasteiger partial charge in [-0.2, -0.15) is 5.10 Å². The molecular weight excluding hydrogens is 422 g/mol. The number of hydrogen-bond donors (Lipinski definition) is 0. The lowest BCUT2D eigenvalue weighted by Crippen LogP contribution is -2.27. The molecular formula is C25H21N3O5. The lowest BCUT2D eigenvalue weighted by molar-refractivity contribution is -0.146. The fourth-order valence-electron chi connectivity index (χ4n) is 3.13. The number of carbonyl (C=O) groups is 2. The molecule has 33 heavy (non-hydrogen) atoms. The monoisotopic (exact) mass is 443 g/mol. The summed E-state index contributed by atoms with van der Waals surface area (Å²) in [5.41, 5.74) is 1.84. The third kappa shape index (κ3) is 4.90. The van der Waals surface area contributed by atoms with Crippen molar-refractivity contribution in [1.82, 2.24) is 14.7 Å². The Kier molecular flexibility index (Phi) is 6.17. The maximum atomic E-state index is 12.7. The van der Waals surface area contributed by atoms with Crippen molar-refractivity contribution in [2.24, 2.45) is 0 Å². The average molecular weight is 443 g/mol. The number of aromatic nitrogens is 2. The smallest absolute Gasteiger partial charge is 0.345 e. The molecule has 2 aromatic heterocycles. The Morgan fingerprint density at radius 2 is 1.82 bits per heavy atom. The van der Waals surface area contributed by atoms with Gasteiger partial charge >= 0.3 is 11.6 Å². The van der Waals surface area contributed by atoms with E-state index >= 15 is 0 Å². The van der Waals surface area contributed by atoms with E-state index in [2.05, 4.69) is 5.10 Å². The van der Waals surface area contributed by atoms with E-state index in [0.717, 1.165) is 11.1 Å².